The summed E-state index contributed by atoms with van der Waals surface area (Å²) in [6.45, 7) is 1.36. The smallest absolute Gasteiger partial charge is 0.255 e. The van der Waals surface area contributed by atoms with Crippen LogP contribution in [0.2, 0.25) is 0 Å². The second-order valence-corrected chi connectivity index (χ2v) is 4.89. The van der Waals surface area contributed by atoms with E-state index in [0.717, 1.165) is 25.9 Å². The molecule has 0 spiro atoms. The number of carbonyl (C=O) groups is 1. The first-order valence-corrected chi connectivity index (χ1v) is 6.98. The van der Waals surface area contributed by atoms with Crippen molar-refractivity contribution < 1.29 is 19.4 Å². The molecule has 20 heavy (non-hydrogen) atoms. The molecule has 1 aliphatic heterocycles. The van der Waals surface area contributed by atoms with Crippen molar-refractivity contribution in [2.24, 2.45) is 0 Å². The van der Waals surface area contributed by atoms with Crippen LogP contribution in [-0.4, -0.2) is 37.4 Å². The van der Waals surface area contributed by atoms with Gasteiger partial charge in [0.25, 0.3) is 5.91 Å². The average Bonchev–Trinajstić information content (AvgIpc) is 2.48. The molecule has 1 heterocycles. The summed E-state index contributed by atoms with van der Waals surface area (Å²) in [5.41, 5.74) is 0.230. The second-order valence-electron chi connectivity index (χ2n) is 4.89. The van der Waals surface area contributed by atoms with Crippen LogP contribution in [0.25, 0.3) is 0 Å². The van der Waals surface area contributed by atoms with E-state index >= 15 is 0 Å². The third kappa shape index (κ3) is 3.63. The van der Waals surface area contributed by atoms with Crippen LogP contribution in [0.1, 0.15) is 36.0 Å². The molecule has 0 radical (unpaired) electrons. The molecule has 1 amide bonds. The fourth-order valence-electron chi connectivity index (χ4n) is 2.35. The van der Waals surface area contributed by atoms with Gasteiger partial charge in [-0.05, 0) is 37.8 Å². The number of ether oxygens (including phenoxy) is 2. The Labute approximate surface area is 118 Å². The maximum absolute atomic E-state index is 12.0. The Kier molecular flexibility index (Phi) is 5.24. The molecule has 0 aromatic heterocycles. The minimum Gasteiger partial charge on any atom is -0.504 e. The SMILES string of the molecule is COc1cccc(C(=O)NCCC2CCCCO2)c1O. The monoisotopic (exact) mass is 279 g/mol. The molecule has 0 aliphatic carbocycles. The molecular weight excluding hydrogens is 258 g/mol. The lowest BCUT2D eigenvalue weighted by molar-refractivity contribution is 0.0117. The van der Waals surface area contributed by atoms with Crippen LogP contribution in [0.4, 0.5) is 0 Å². The van der Waals surface area contributed by atoms with E-state index in [0.29, 0.717) is 12.3 Å². The third-order valence-corrected chi connectivity index (χ3v) is 3.49. The molecule has 1 fully saturated rings. The van der Waals surface area contributed by atoms with Crippen molar-refractivity contribution >= 4 is 5.91 Å². The molecule has 1 aliphatic rings. The lowest BCUT2D eigenvalue weighted by Crippen LogP contribution is -2.29. The first-order valence-electron chi connectivity index (χ1n) is 6.98. The van der Waals surface area contributed by atoms with Gasteiger partial charge in [-0.15, -0.1) is 0 Å². The summed E-state index contributed by atoms with van der Waals surface area (Å²) < 4.78 is 10.6. The molecule has 2 rings (SSSR count). The van der Waals surface area contributed by atoms with Gasteiger partial charge in [0, 0.05) is 13.2 Å². The number of para-hydroxylation sites is 1. The van der Waals surface area contributed by atoms with Crippen LogP contribution < -0.4 is 10.1 Å². The molecule has 1 aromatic carbocycles. The zero-order valence-electron chi connectivity index (χ0n) is 11.7. The Hall–Kier alpha value is -1.75. The second kappa shape index (κ2) is 7.14. The molecule has 1 saturated heterocycles. The Morgan fingerprint density at radius 1 is 1.50 bits per heavy atom. The van der Waals surface area contributed by atoms with Gasteiger partial charge in [0.15, 0.2) is 11.5 Å². The van der Waals surface area contributed by atoms with E-state index in [1.54, 1.807) is 18.2 Å². The van der Waals surface area contributed by atoms with Crippen LogP contribution >= 0.6 is 0 Å². The van der Waals surface area contributed by atoms with Gasteiger partial charge < -0.3 is 19.9 Å². The summed E-state index contributed by atoms with van der Waals surface area (Å²) in [7, 11) is 1.46. The van der Waals surface area contributed by atoms with Crippen molar-refractivity contribution in [3.63, 3.8) is 0 Å². The molecule has 5 heteroatoms. The zero-order valence-corrected chi connectivity index (χ0v) is 11.7. The number of phenols is 1. The van der Waals surface area contributed by atoms with Gasteiger partial charge in [-0.3, -0.25) is 4.79 Å². The number of nitrogens with one attached hydrogen (secondary N) is 1. The molecule has 0 saturated carbocycles. The Bertz CT molecular complexity index is 455. The fraction of sp³-hybridized carbons (Fsp3) is 0.533. The number of methoxy groups -OCH3 is 1. The van der Waals surface area contributed by atoms with Crippen molar-refractivity contribution in [1.82, 2.24) is 5.32 Å². The van der Waals surface area contributed by atoms with Crippen LogP contribution in [0.3, 0.4) is 0 Å². The number of benzene rings is 1. The number of aromatic hydroxyl groups is 1. The summed E-state index contributed by atoms with van der Waals surface area (Å²) in [5, 5.41) is 12.7. The van der Waals surface area contributed by atoms with E-state index < -0.39 is 0 Å². The van der Waals surface area contributed by atoms with Crippen molar-refractivity contribution in [2.45, 2.75) is 31.8 Å². The van der Waals surface area contributed by atoms with E-state index in [2.05, 4.69) is 5.32 Å². The van der Waals surface area contributed by atoms with E-state index in [4.69, 9.17) is 9.47 Å². The third-order valence-electron chi connectivity index (χ3n) is 3.49. The predicted molar refractivity (Wildman–Crippen MR) is 75.2 cm³/mol. The first-order chi connectivity index (χ1) is 9.72. The van der Waals surface area contributed by atoms with E-state index in [1.807, 2.05) is 0 Å². The molecule has 1 atom stereocenters. The van der Waals surface area contributed by atoms with Crippen LogP contribution in [-0.2, 0) is 4.74 Å². The maximum Gasteiger partial charge on any atom is 0.255 e. The number of phenolic OH excluding ortho intramolecular Hbond substituents is 1. The van der Waals surface area contributed by atoms with Gasteiger partial charge in [-0.2, -0.15) is 0 Å². The number of hydrogen-bond donors (Lipinski definition) is 2. The summed E-state index contributed by atoms with van der Waals surface area (Å²) in [6, 6.07) is 4.87. The number of hydrogen-bond acceptors (Lipinski definition) is 4. The summed E-state index contributed by atoms with van der Waals surface area (Å²) in [4.78, 5) is 12.0. The van der Waals surface area contributed by atoms with Gasteiger partial charge >= 0.3 is 0 Å². The molecule has 110 valence electrons. The topological polar surface area (TPSA) is 67.8 Å². The minimum absolute atomic E-state index is 0.124. The minimum atomic E-state index is -0.294. The zero-order chi connectivity index (χ0) is 14.4. The Morgan fingerprint density at radius 3 is 3.05 bits per heavy atom. The van der Waals surface area contributed by atoms with Crippen LogP contribution in [0, 0.1) is 0 Å². The number of carbonyl (C=O) groups excluding carboxylic acids is 1. The van der Waals surface area contributed by atoms with Crippen molar-refractivity contribution in [3.05, 3.63) is 23.8 Å². The largest absolute Gasteiger partial charge is 0.504 e. The van der Waals surface area contributed by atoms with Crippen molar-refractivity contribution in [1.29, 1.82) is 0 Å². The molecule has 5 nitrogen and oxygen atoms in total. The molecule has 1 aromatic rings. The highest BCUT2D eigenvalue weighted by atomic mass is 16.5. The number of rotatable bonds is 5. The standard InChI is InChI=1S/C15H21NO4/c1-19-13-7-4-6-12(14(13)17)15(18)16-9-8-11-5-2-3-10-20-11/h4,6-7,11,17H,2-3,5,8-10H2,1H3,(H,16,18). The molecule has 0 bridgehead atoms. The summed E-state index contributed by atoms with van der Waals surface area (Å²) in [6.07, 6.45) is 4.41. The van der Waals surface area contributed by atoms with Crippen molar-refractivity contribution in [3.8, 4) is 11.5 Å². The lowest BCUT2D eigenvalue weighted by Gasteiger charge is -2.22. The highest BCUT2D eigenvalue weighted by Gasteiger charge is 2.16. The van der Waals surface area contributed by atoms with E-state index in [1.165, 1.54) is 13.5 Å². The van der Waals surface area contributed by atoms with Crippen LogP contribution in [0.15, 0.2) is 18.2 Å². The molecular formula is C15H21NO4. The van der Waals surface area contributed by atoms with Gasteiger partial charge in [0.1, 0.15) is 0 Å². The number of amides is 1. The fourth-order valence-corrected chi connectivity index (χ4v) is 2.35. The predicted octanol–water partition coefficient (Wildman–Crippen LogP) is 2.09. The molecule has 2 N–H and O–H groups in total. The van der Waals surface area contributed by atoms with E-state index in [9.17, 15) is 9.90 Å². The quantitative estimate of drug-likeness (QED) is 0.866. The maximum atomic E-state index is 12.0. The normalized spacial score (nSPS) is 18.6. The first kappa shape index (κ1) is 14.7. The van der Waals surface area contributed by atoms with E-state index in [-0.39, 0.29) is 23.3 Å². The Balaban J connectivity index is 1.85. The van der Waals surface area contributed by atoms with Crippen LogP contribution in [0.5, 0.6) is 11.5 Å². The molecule has 1 unspecified atom stereocenters. The van der Waals surface area contributed by atoms with Gasteiger partial charge in [-0.1, -0.05) is 6.07 Å². The summed E-state index contributed by atoms with van der Waals surface area (Å²) in [5.74, 6) is -0.119. The highest BCUT2D eigenvalue weighted by molar-refractivity contribution is 5.97. The van der Waals surface area contributed by atoms with Crippen molar-refractivity contribution in [2.75, 3.05) is 20.3 Å². The van der Waals surface area contributed by atoms with Gasteiger partial charge in [0.05, 0.1) is 18.8 Å². The Morgan fingerprint density at radius 2 is 2.35 bits per heavy atom. The average molecular weight is 279 g/mol. The van der Waals surface area contributed by atoms with Gasteiger partial charge in [-0.25, -0.2) is 0 Å². The summed E-state index contributed by atoms with van der Waals surface area (Å²) >= 11 is 0. The van der Waals surface area contributed by atoms with Gasteiger partial charge in [0.2, 0.25) is 0 Å². The lowest BCUT2D eigenvalue weighted by atomic mass is 10.1. The highest BCUT2D eigenvalue weighted by Crippen LogP contribution is 2.29.